The molecule has 0 aliphatic carbocycles. The standard InChI is InChI=1S/C20H29F3N2O4/c1-13(2)16(14-9-7-6-8-10-14)24-18(28)17(27)15(11-20(21,22)23)25(12-26)29-19(3,4)5/h6-10,12-13,15-17,27H,11H2,1-5H3,(H,24,28). The molecule has 0 aliphatic rings. The second-order valence-corrected chi connectivity index (χ2v) is 8.14. The summed E-state index contributed by atoms with van der Waals surface area (Å²) in [6.45, 7) is 8.26. The summed E-state index contributed by atoms with van der Waals surface area (Å²) < 4.78 is 39.2. The number of benzene rings is 1. The Morgan fingerprint density at radius 1 is 1.21 bits per heavy atom. The maximum absolute atomic E-state index is 13.1. The molecular weight excluding hydrogens is 389 g/mol. The second-order valence-electron chi connectivity index (χ2n) is 8.14. The number of nitrogens with one attached hydrogen (secondary N) is 1. The minimum atomic E-state index is -4.73. The third kappa shape index (κ3) is 8.41. The van der Waals surface area contributed by atoms with Gasteiger partial charge in [0.05, 0.1) is 18.1 Å². The van der Waals surface area contributed by atoms with Gasteiger partial charge in [-0.15, -0.1) is 0 Å². The van der Waals surface area contributed by atoms with E-state index >= 15 is 0 Å². The third-order valence-corrected chi connectivity index (χ3v) is 4.01. The van der Waals surface area contributed by atoms with Crippen molar-refractivity contribution in [2.24, 2.45) is 5.92 Å². The molecule has 1 aromatic carbocycles. The molecule has 0 aliphatic heterocycles. The zero-order chi connectivity index (χ0) is 22.4. The summed E-state index contributed by atoms with van der Waals surface area (Å²) >= 11 is 0. The summed E-state index contributed by atoms with van der Waals surface area (Å²) in [5.74, 6) is -1.12. The quantitative estimate of drug-likeness (QED) is 0.476. The zero-order valence-electron chi connectivity index (χ0n) is 17.2. The van der Waals surface area contributed by atoms with Crippen LogP contribution < -0.4 is 5.32 Å². The lowest BCUT2D eigenvalue weighted by molar-refractivity contribution is -0.258. The summed E-state index contributed by atoms with van der Waals surface area (Å²) in [6, 6.07) is 6.41. The number of alkyl halides is 3. The molecule has 0 bridgehead atoms. The van der Waals surface area contributed by atoms with E-state index in [-0.39, 0.29) is 12.3 Å². The van der Waals surface area contributed by atoms with Gasteiger partial charge in [-0.25, -0.2) is 5.06 Å². The number of hydrogen-bond acceptors (Lipinski definition) is 4. The Kier molecular flexibility index (Phi) is 8.65. The molecule has 0 spiro atoms. The summed E-state index contributed by atoms with van der Waals surface area (Å²) in [7, 11) is 0. The van der Waals surface area contributed by atoms with Crippen molar-refractivity contribution in [2.75, 3.05) is 0 Å². The lowest BCUT2D eigenvalue weighted by Crippen LogP contribution is -2.54. The molecule has 2 N–H and O–H groups in total. The van der Waals surface area contributed by atoms with Gasteiger partial charge in [-0.05, 0) is 32.3 Å². The molecule has 6 nitrogen and oxygen atoms in total. The monoisotopic (exact) mass is 418 g/mol. The number of carbonyl (C=O) groups is 2. The number of amides is 2. The van der Waals surface area contributed by atoms with E-state index in [0.717, 1.165) is 5.56 Å². The molecule has 3 unspecified atom stereocenters. The molecule has 0 fully saturated rings. The summed E-state index contributed by atoms with van der Waals surface area (Å²) in [5.41, 5.74) is -0.264. The van der Waals surface area contributed by atoms with Gasteiger partial charge in [0.25, 0.3) is 5.91 Å². The lowest BCUT2D eigenvalue weighted by atomic mass is 9.95. The van der Waals surface area contributed by atoms with Crippen molar-refractivity contribution in [3.05, 3.63) is 35.9 Å². The highest BCUT2D eigenvalue weighted by molar-refractivity contribution is 5.82. The van der Waals surface area contributed by atoms with Gasteiger partial charge in [-0.2, -0.15) is 13.2 Å². The van der Waals surface area contributed by atoms with E-state index < -0.39 is 42.3 Å². The zero-order valence-corrected chi connectivity index (χ0v) is 17.2. The maximum atomic E-state index is 13.1. The van der Waals surface area contributed by atoms with Crippen LogP contribution in [0.2, 0.25) is 0 Å². The van der Waals surface area contributed by atoms with Gasteiger partial charge in [0.1, 0.15) is 6.04 Å². The Balaban J connectivity index is 3.11. The van der Waals surface area contributed by atoms with E-state index in [9.17, 15) is 27.9 Å². The maximum Gasteiger partial charge on any atom is 0.391 e. The van der Waals surface area contributed by atoms with Crippen LogP contribution in [0.25, 0.3) is 0 Å². The molecule has 0 radical (unpaired) electrons. The van der Waals surface area contributed by atoms with E-state index in [1.54, 1.807) is 30.3 Å². The van der Waals surface area contributed by atoms with Crippen molar-refractivity contribution in [3.8, 4) is 0 Å². The average molecular weight is 418 g/mol. The van der Waals surface area contributed by atoms with Gasteiger partial charge in [0, 0.05) is 0 Å². The Labute approximate surface area is 169 Å². The number of carbonyl (C=O) groups excluding carboxylic acids is 2. The van der Waals surface area contributed by atoms with Crippen molar-refractivity contribution in [2.45, 2.75) is 71.0 Å². The van der Waals surface area contributed by atoms with E-state index in [1.807, 2.05) is 13.8 Å². The Bertz CT molecular complexity index is 660. The Morgan fingerprint density at radius 3 is 2.17 bits per heavy atom. The molecule has 0 aromatic heterocycles. The van der Waals surface area contributed by atoms with Gasteiger partial charge in [-0.1, -0.05) is 44.2 Å². The van der Waals surface area contributed by atoms with Gasteiger partial charge in [-0.3, -0.25) is 14.4 Å². The normalized spacial score (nSPS) is 15.5. The fourth-order valence-corrected chi connectivity index (χ4v) is 2.77. The molecule has 9 heteroatoms. The van der Waals surface area contributed by atoms with Crippen LogP contribution in [0.1, 0.15) is 52.6 Å². The molecule has 29 heavy (non-hydrogen) atoms. The van der Waals surface area contributed by atoms with Crippen LogP contribution in [0.4, 0.5) is 13.2 Å². The Hall–Kier alpha value is -2.13. The topological polar surface area (TPSA) is 78.9 Å². The third-order valence-electron chi connectivity index (χ3n) is 4.01. The number of nitrogens with zero attached hydrogens (tertiary/aromatic N) is 1. The second kappa shape index (κ2) is 10.1. The first-order valence-corrected chi connectivity index (χ1v) is 9.28. The predicted octanol–water partition coefficient (Wildman–Crippen LogP) is 3.37. The van der Waals surface area contributed by atoms with Crippen LogP contribution in [0.15, 0.2) is 30.3 Å². The average Bonchev–Trinajstić information content (AvgIpc) is 2.60. The number of aliphatic hydroxyl groups is 1. The van der Waals surface area contributed by atoms with E-state index in [0.29, 0.717) is 5.06 Å². The van der Waals surface area contributed by atoms with Crippen molar-refractivity contribution in [1.29, 1.82) is 0 Å². The molecule has 2 amide bonds. The minimum absolute atomic E-state index is 0.0370. The predicted molar refractivity (Wildman–Crippen MR) is 101 cm³/mol. The number of hydrogen-bond donors (Lipinski definition) is 2. The van der Waals surface area contributed by atoms with Crippen LogP contribution in [-0.4, -0.2) is 46.4 Å². The summed E-state index contributed by atoms with van der Waals surface area (Å²) in [4.78, 5) is 29.2. The number of aliphatic hydroxyl groups excluding tert-OH is 1. The van der Waals surface area contributed by atoms with Gasteiger partial charge in [0.15, 0.2) is 6.10 Å². The fourth-order valence-electron chi connectivity index (χ4n) is 2.77. The van der Waals surface area contributed by atoms with Gasteiger partial charge >= 0.3 is 6.18 Å². The molecule has 164 valence electrons. The van der Waals surface area contributed by atoms with Crippen molar-refractivity contribution < 1.29 is 32.7 Å². The molecule has 1 rings (SSSR count). The first kappa shape index (κ1) is 24.9. The molecule has 0 saturated heterocycles. The van der Waals surface area contributed by atoms with Crippen LogP contribution in [0, 0.1) is 5.92 Å². The van der Waals surface area contributed by atoms with E-state index in [2.05, 4.69) is 5.32 Å². The fraction of sp³-hybridized carbons (Fsp3) is 0.600. The molecule has 0 saturated carbocycles. The molecular formula is C20H29F3N2O4. The van der Waals surface area contributed by atoms with Crippen LogP contribution in [0.3, 0.4) is 0 Å². The van der Waals surface area contributed by atoms with Gasteiger partial charge in [0.2, 0.25) is 6.41 Å². The highest BCUT2D eigenvalue weighted by Crippen LogP contribution is 2.28. The molecule has 1 aromatic rings. The molecule has 0 heterocycles. The first-order valence-electron chi connectivity index (χ1n) is 9.28. The lowest BCUT2D eigenvalue weighted by Gasteiger charge is -2.35. The number of halogens is 3. The van der Waals surface area contributed by atoms with E-state index in [4.69, 9.17) is 4.84 Å². The van der Waals surface area contributed by atoms with Crippen molar-refractivity contribution in [3.63, 3.8) is 0 Å². The number of rotatable bonds is 9. The largest absolute Gasteiger partial charge is 0.391 e. The summed E-state index contributed by atoms with van der Waals surface area (Å²) in [5, 5.41) is 13.4. The smallest absolute Gasteiger partial charge is 0.381 e. The first-order chi connectivity index (χ1) is 13.2. The Morgan fingerprint density at radius 2 is 1.76 bits per heavy atom. The SMILES string of the molecule is CC(C)C(NC(=O)C(O)C(CC(F)(F)F)N(C=O)OC(C)(C)C)c1ccccc1. The van der Waals surface area contributed by atoms with Gasteiger partial charge < -0.3 is 10.4 Å². The number of hydroxylamine groups is 2. The molecule has 3 atom stereocenters. The highest BCUT2D eigenvalue weighted by Gasteiger charge is 2.43. The minimum Gasteiger partial charge on any atom is -0.381 e. The van der Waals surface area contributed by atoms with Crippen molar-refractivity contribution >= 4 is 12.3 Å². The van der Waals surface area contributed by atoms with E-state index in [1.165, 1.54) is 20.8 Å². The van der Waals surface area contributed by atoms with Crippen LogP contribution >= 0.6 is 0 Å². The van der Waals surface area contributed by atoms with Crippen molar-refractivity contribution in [1.82, 2.24) is 10.4 Å². The highest BCUT2D eigenvalue weighted by atomic mass is 19.4. The summed E-state index contributed by atoms with van der Waals surface area (Å²) in [6.07, 6.45) is -8.44. The van der Waals surface area contributed by atoms with Crippen LogP contribution in [-0.2, 0) is 14.4 Å². The van der Waals surface area contributed by atoms with Crippen LogP contribution in [0.5, 0.6) is 0 Å².